The fraction of sp³-hybridized carbons (Fsp3) is 0.179. The number of carbonyl (C=O) groups excluding carboxylic acids is 2. The third-order valence-corrected chi connectivity index (χ3v) is 10.1. The van der Waals surface area contributed by atoms with Gasteiger partial charge in [-0.25, -0.2) is 4.98 Å². The molecule has 0 saturated carbocycles. The molecule has 232 valence electrons. The van der Waals surface area contributed by atoms with Gasteiger partial charge in [0.05, 0.1) is 40.3 Å². The van der Waals surface area contributed by atoms with Crippen molar-refractivity contribution in [3.63, 3.8) is 0 Å². The van der Waals surface area contributed by atoms with Gasteiger partial charge in [-0.1, -0.05) is 50.2 Å². The second-order valence-electron chi connectivity index (χ2n) is 13.3. The first-order chi connectivity index (χ1) is 22.6. The number of imide groups is 1. The standard InChI is InChI=1S/C39H32IN5O2/c1-21-14-22(2)33(28(40)15-21)34-29-13-12-25(42-29)16-24-10-11-26(41-24)17-32-39(3,4)19-31(43-32)35-36-27(18-30(34)44-36)37(46)45(38(35)47)20-23-8-6-5-7-9-23/h5-18,41,44H,19-20H2,1-4H3. The Morgan fingerprint density at radius 3 is 2.36 bits per heavy atom. The fourth-order valence-electron chi connectivity index (χ4n) is 6.96. The third kappa shape index (κ3) is 5.02. The predicted octanol–water partition coefficient (Wildman–Crippen LogP) is 8.69. The lowest BCUT2D eigenvalue weighted by molar-refractivity contribution is 0.0597. The van der Waals surface area contributed by atoms with Gasteiger partial charge in [-0.2, -0.15) is 0 Å². The van der Waals surface area contributed by atoms with Crippen LogP contribution in [-0.4, -0.2) is 36.7 Å². The highest BCUT2D eigenvalue weighted by Gasteiger charge is 2.39. The molecule has 2 aromatic carbocycles. The van der Waals surface area contributed by atoms with Crippen LogP contribution in [0.5, 0.6) is 0 Å². The molecule has 3 aliphatic heterocycles. The van der Waals surface area contributed by atoms with Gasteiger partial charge >= 0.3 is 0 Å². The molecule has 2 amide bonds. The molecule has 47 heavy (non-hydrogen) atoms. The Balaban J connectivity index is 1.52. The van der Waals surface area contributed by atoms with Crippen molar-refractivity contribution in [2.45, 2.75) is 46.1 Å². The minimum atomic E-state index is -0.343. The summed E-state index contributed by atoms with van der Waals surface area (Å²) in [6.07, 6.45) is 4.59. The Bertz CT molecular complexity index is 2340. The number of nitrogens with one attached hydrogen (secondary N) is 2. The van der Waals surface area contributed by atoms with Gasteiger partial charge in [0, 0.05) is 48.8 Å². The van der Waals surface area contributed by atoms with E-state index in [-0.39, 0.29) is 23.8 Å². The lowest BCUT2D eigenvalue weighted by Gasteiger charge is -2.25. The van der Waals surface area contributed by atoms with Gasteiger partial charge in [0.1, 0.15) is 0 Å². The number of hydrogen-bond donors (Lipinski definition) is 2. The molecule has 3 aromatic heterocycles. The Hall–Kier alpha value is -4.83. The third-order valence-electron chi connectivity index (χ3n) is 9.23. The van der Waals surface area contributed by atoms with E-state index in [1.54, 1.807) is 0 Å². The maximum atomic E-state index is 14.5. The summed E-state index contributed by atoms with van der Waals surface area (Å²) in [6, 6.07) is 24.0. The quantitative estimate of drug-likeness (QED) is 0.141. The summed E-state index contributed by atoms with van der Waals surface area (Å²) >= 11 is 2.39. The molecule has 8 heteroatoms. The summed E-state index contributed by atoms with van der Waals surface area (Å²) in [7, 11) is 0. The summed E-state index contributed by atoms with van der Waals surface area (Å²) in [5, 5.41) is 0. The molecule has 0 fully saturated rings. The van der Waals surface area contributed by atoms with Crippen molar-refractivity contribution in [2.24, 2.45) is 0 Å². The molecule has 8 bridgehead atoms. The molecule has 8 rings (SSSR count). The Morgan fingerprint density at radius 1 is 0.830 bits per heavy atom. The fourth-order valence-corrected chi connectivity index (χ4v) is 8.15. The van der Waals surface area contributed by atoms with Crippen LogP contribution < -0.4 is 0 Å². The molecule has 0 unspecified atom stereocenters. The highest BCUT2D eigenvalue weighted by atomic mass is 127. The van der Waals surface area contributed by atoms with Crippen LogP contribution in [0.4, 0.5) is 0 Å². The van der Waals surface area contributed by atoms with Crippen molar-refractivity contribution in [1.82, 2.24) is 24.8 Å². The monoisotopic (exact) mass is 729 g/mol. The largest absolute Gasteiger partial charge is 0.355 e. The Morgan fingerprint density at radius 2 is 1.60 bits per heavy atom. The number of amides is 2. The lowest BCUT2D eigenvalue weighted by atomic mass is 9.85. The molecule has 3 aliphatic rings. The van der Waals surface area contributed by atoms with Crippen molar-refractivity contribution in [3.8, 4) is 11.1 Å². The molecule has 0 saturated heterocycles. The first kappa shape index (κ1) is 29.6. The number of hydrogen-bond acceptors (Lipinski definition) is 4. The van der Waals surface area contributed by atoms with E-state index in [1.165, 1.54) is 10.5 Å². The minimum Gasteiger partial charge on any atom is -0.355 e. The Kier molecular flexibility index (Phi) is 6.84. The number of H-pyrrole nitrogens is 2. The molecule has 0 aliphatic carbocycles. The van der Waals surface area contributed by atoms with Crippen LogP contribution in [0.3, 0.4) is 0 Å². The van der Waals surface area contributed by atoms with Gasteiger partial charge in [-0.3, -0.25) is 19.5 Å². The lowest BCUT2D eigenvalue weighted by Crippen LogP contribution is -2.40. The van der Waals surface area contributed by atoms with Crippen LogP contribution in [0, 0.1) is 17.4 Å². The topological polar surface area (TPSA) is 94.7 Å². The smallest absolute Gasteiger partial charge is 0.265 e. The molecular weight excluding hydrogens is 697 g/mol. The van der Waals surface area contributed by atoms with Gasteiger partial charge in [0.25, 0.3) is 11.8 Å². The zero-order chi connectivity index (χ0) is 32.6. The van der Waals surface area contributed by atoms with E-state index in [4.69, 9.17) is 9.97 Å². The van der Waals surface area contributed by atoms with E-state index in [9.17, 15) is 9.59 Å². The van der Waals surface area contributed by atoms with E-state index in [0.29, 0.717) is 28.8 Å². The number of nitrogens with zero attached hydrogens (tertiary/aromatic N) is 3. The highest BCUT2D eigenvalue weighted by molar-refractivity contribution is 14.1. The van der Waals surface area contributed by atoms with Gasteiger partial charge in [0.15, 0.2) is 0 Å². The molecule has 6 heterocycles. The minimum absolute atomic E-state index is 0.168. The predicted molar refractivity (Wildman–Crippen MR) is 195 cm³/mol. The number of aromatic amines is 2. The van der Waals surface area contributed by atoms with Gasteiger partial charge in [-0.15, -0.1) is 0 Å². The molecule has 0 atom stereocenters. The highest BCUT2D eigenvalue weighted by Crippen LogP contribution is 2.40. The van der Waals surface area contributed by atoms with E-state index in [2.05, 4.69) is 78.5 Å². The SMILES string of the molecule is Cc1cc(C)c(-c2c3nc(cc4ccc(cc5nc(c6c7[nH]c2cc7C(=O)N(Cc2ccccc2)C6=O)CC5(C)C)[nH]4)C=C3)c(I)c1. The number of benzene rings is 2. The number of carbonyl (C=O) groups is 2. The number of halogens is 1. The summed E-state index contributed by atoms with van der Waals surface area (Å²) in [6.45, 7) is 8.65. The number of fused-ring (bicyclic) bond motifs is 8. The first-order valence-corrected chi connectivity index (χ1v) is 16.8. The molecule has 2 N–H and O–H groups in total. The van der Waals surface area contributed by atoms with Crippen LogP contribution in [0.1, 0.15) is 74.0 Å². The molecule has 7 nitrogen and oxygen atoms in total. The average molecular weight is 730 g/mol. The number of aromatic nitrogens is 4. The number of rotatable bonds is 3. The van der Waals surface area contributed by atoms with E-state index < -0.39 is 0 Å². The molecule has 5 aromatic rings. The van der Waals surface area contributed by atoms with E-state index in [1.807, 2.05) is 66.7 Å². The summed E-state index contributed by atoms with van der Waals surface area (Å²) in [5.41, 5.74) is 11.9. The summed E-state index contributed by atoms with van der Waals surface area (Å²) in [4.78, 5) is 47.5. The average Bonchev–Trinajstić information content (AvgIpc) is 3.81. The molecule has 0 spiro atoms. The molecular formula is C39H32IN5O2. The van der Waals surface area contributed by atoms with Gasteiger partial charge in [-0.05, 0) is 102 Å². The zero-order valence-electron chi connectivity index (χ0n) is 26.5. The van der Waals surface area contributed by atoms with Crippen LogP contribution in [-0.2, 0) is 18.4 Å². The number of aryl methyl sites for hydroxylation is 2. The van der Waals surface area contributed by atoms with Crippen molar-refractivity contribution in [1.29, 1.82) is 0 Å². The second kappa shape index (κ2) is 10.9. The second-order valence-corrected chi connectivity index (χ2v) is 14.4. The summed E-state index contributed by atoms with van der Waals surface area (Å²) < 4.78 is 1.08. The van der Waals surface area contributed by atoms with Gasteiger partial charge in [0.2, 0.25) is 0 Å². The maximum Gasteiger partial charge on any atom is 0.265 e. The maximum absolute atomic E-state index is 14.5. The van der Waals surface area contributed by atoms with Gasteiger partial charge < -0.3 is 9.97 Å². The first-order valence-electron chi connectivity index (χ1n) is 15.7. The van der Waals surface area contributed by atoms with Crippen LogP contribution in [0.25, 0.3) is 45.3 Å². The van der Waals surface area contributed by atoms with Crippen molar-refractivity contribution in [3.05, 3.63) is 127 Å². The van der Waals surface area contributed by atoms with E-state index in [0.717, 1.165) is 59.5 Å². The van der Waals surface area contributed by atoms with Crippen molar-refractivity contribution in [2.75, 3.05) is 0 Å². The van der Waals surface area contributed by atoms with Crippen LogP contribution in [0.15, 0.2) is 72.8 Å². The zero-order valence-corrected chi connectivity index (χ0v) is 28.7. The van der Waals surface area contributed by atoms with Crippen molar-refractivity contribution >= 4 is 68.6 Å². The van der Waals surface area contributed by atoms with E-state index >= 15 is 0 Å². The summed E-state index contributed by atoms with van der Waals surface area (Å²) in [5.74, 6) is -0.672. The van der Waals surface area contributed by atoms with Crippen molar-refractivity contribution < 1.29 is 9.59 Å². The Labute approximate surface area is 286 Å². The van der Waals surface area contributed by atoms with Crippen LogP contribution in [0.2, 0.25) is 0 Å². The normalized spacial score (nSPS) is 15.0. The van der Waals surface area contributed by atoms with Crippen LogP contribution >= 0.6 is 22.6 Å². The molecule has 0 radical (unpaired) electrons.